The molecule has 1 amide bonds. The Bertz CT molecular complexity index is 1000. The largest absolute Gasteiger partial charge is 0.486 e. The highest BCUT2D eigenvalue weighted by molar-refractivity contribution is 7.09. The molecule has 0 spiro atoms. The van der Waals surface area contributed by atoms with Gasteiger partial charge in [0.15, 0.2) is 0 Å². The van der Waals surface area contributed by atoms with Crippen LogP contribution in [0.4, 0.5) is 10.1 Å². The van der Waals surface area contributed by atoms with Gasteiger partial charge in [-0.25, -0.2) is 14.2 Å². The van der Waals surface area contributed by atoms with Gasteiger partial charge in [-0.1, -0.05) is 6.07 Å². The third kappa shape index (κ3) is 4.72. The van der Waals surface area contributed by atoms with Crippen molar-refractivity contribution in [3.05, 3.63) is 75.5 Å². The van der Waals surface area contributed by atoms with Gasteiger partial charge in [-0.2, -0.15) is 0 Å². The first-order chi connectivity index (χ1) is 13.5. The molecule has 0 saturated carbocycles. The van der Waals surface area contributed by atoms with Gasteiger partial charge >= 0.3 is 5.97 Å². The third-order valence-electron chi connectivity index (χ3n) is 3.87. The minimum absolute atomic E-state index is 0.167. The van der Waals surface area contributed by atoms with E-state index in [9.17, 15) is 14.0 Å². The standard InChI is InChI=1S/C20H17FN2O4S/c1-12-3-4-13(20(25)26-2)9-16(12)23-19(24)17-11-28-18(22-17)10-27-15-7-5-14(21)6-8-15/h3-9,11H,10H2,1-2H3,(H,23,24). The Morgan fingerprint density at radius 3 is 2.64 bits per heavy atom. The van der Waals surface area contributed by atoms with Crippen molar-refractivity contribution in [2.45, 2.75) is 13.5 Å². The summed E-state index contributed by atoms with van der Waals surface area (Å²) in [5, 5.41) is 4.98. The van der Waals surface area contributed by atoms with E-state index in [-0.39, 0.29) is 18.1 Å². The zero-order valence-electron chi connectivity index (χ0n) is 15.2. The van der Waals surface area contributed by atoms with Crippen molar-refractivity contribution < 1.29 is 23.5 Å². The summed E-state index contributed by atoms with van der Waals surface area (Å²) in [5.74, 6) is -0.705. The predicted octanol–water partition coefficient (Wildman–Crippen LogP) is 4.21. The molecule has 3 rings (SSSR count). The number of carbonyl (C=O) groups is 2. The number of aromatic nitrogens is 1. The molecular weight excluding hydrogens is 383 g/mol. The molecule has 3 aromatic rings. The van der Waals surface area contributed by atoms with Crippen molar-refractivity contribution in [2.75, 3.05) is 12.4 Å². The number of halogens is 1. The lowest BCUT2D eigenvalue weighted by atomic mass is 10.1. The van der Waals surface area contributed by atoms with E-state index in [1.165, 1.54) is 42.7 Å². The Balaban J connectivity index is 1.65. The van der Waals surface area contributed by atoms with E-state index in [2.05, 4.69) is 10.3 Å². The van der Waals surface area contributed by atoms with Gasteiger partial charge in [0.05, 0.1) is 12.7 Å². The first kappa shape index (κ1) is 19.5. The van der Waals surface area contributed by atoms with Crippen LogP contribution < -0.4 is 10.1 Å². The molecule has 1 N–H and O–H groups in total. The molecular formula is C20H17FN2O4S. The summed E-state index contributed by atoms with van der Waals surface area (Å²) < 4.78 is 23.1. The van der Waals surface area contributed by atoms with Crippen LogP contribution in [0.1, 0.15) is 31.4 Å². The van der Waals surface area contributed by atoms with Crippen LogP contribution in [0.25, 0.3) is 0 Å². The number of rotatable bonds is 6. The third-order valence-corrected chi connectivity index (χ3v) is 4.69. The van der Waals surface area contributed by atoms with Gasteiger partial charge in [0.25, 0.3) is 5.91 Å². The molecule has 0 radical (unpaired) electrons. The van der Waals surface area contributed by atoms with Gasteiger partial charge in [0.1, 0.15) is 28.9 Å². The van der Waals surface area contributed by atoms with E-state index in [0.29, 0.717) is 22.0 Å². The highest BCUT2D eigenvalue weighted by atomic mass is 32.1. The highest BCUT2D eigenvalue weighted by Gasteiger charge is 2.14. The summed E-state index contributed by atoms with van der Waals surface area (Å²) in [7, 11) is 1.30. The lowest BCUT2D eigenvalue weighted by molar-refractivity contribution is 0.0600. The zero-order valence-corrected chi connectivity index (χ0v) is 16.0. The Morgan fingerprint density at radius 1 is 1.18 bits per heavy atom. The number of hydrogen-bond donors (Lipinski definition) is 1. The molecule has 6 nitrogen and oxygen atoms in total. The van der Waals surface area contributed by atoms with Gasteiger partial charge in [0.2, 0.25) is 0 Å². The van der Waals surface area contributed by atoms with Crippen LogP contribution in [-0.2, 0) is 11.3 Å². The number of anilines is 1. The zero-order chi connectivity index (χ0) is 20.1. The number of hydrogen-bond acceptors (Lipinski definition) is 6. The van der Waals surface area contributed by atoms with E-state index in [4.69, 9.17) is 9.47 Å². The predicted molar refractivity (Wildman–Crippen MR) is 103 cm³/mol. The molecule has 0 unspecified atom stereocenters. The van der Waals surface area contributed by atoms with Crippen LogP contribution in [-0.4, -0.2) is 24.0 Å². The van der Waals surface area contributed by atoms with Gasteiger partial charge in [0, 0.05) is 11.1 Å². The second-order valence-corrected chi connectivity index (χ2v) is 6.79. The molecule has 0 atom stereocenters. The molecule has 8 heteroatoms. The minimum Gasteiger partial charge on any atom is -0.486 e. The van der Waals surface area contributed by atoms with Crippen LogP contribution >= 0.6 is 11.3 Å². The Hall–Kier alpha value is -3.26. The lowest BCUT2D eigenvalue weighted by Gasteiger charge is -2.09. The average molecular weight is 400 g/mol. The van der Waals surface area contributed by atoms with Crippen LogP contribution in [0.15, 0.2) is 47.8 Å². The van der Waals surface area contributed by atoms with E-state index >= 15 is 0 Å². The molecule has 0 aliphatic rings. The molecule has 2 aromatic carbocycles. The summed E-state index contributed by atoms with van der Waals surface area (Å²) in [6.07, 6.45) is 0. The van der Waals surface area contributed by atoms with Crippen molar-refractivity contribution >= 4 is 28.9 Å². The average Bonchev–Trinajstić information content (AvgIpc) is 3.18. The van der Waals surface area contributed by atoms with Crippen molar-refractivity contribution in [3.63, 3.8) is 0 Å². The van der Waals surface area contributed by atoms with Crippen molar-refractivity contribution in [3.8, 4) is 5.75 Å². The van der Waals surface area contributed by atoms with Crippen molar-refractivity contribution in [2.24, 2.45) is 0 Å². The lowest BCUT2D eigenvalue weighted by Crippen LogP contribution is -2.14. The van der Waals surface area contributed by atoms with Crippen molar-refractivity contribution in [1.29, 1.82) is 0 Å². The van der Waals surface area contributed by atoms with Gasteiger partial charge < -0.3 is 14.8 Å². The first-order valence-electron chi connectivity index (χ1n) is 8.29. The summed E-state index contributed by atoms with van der Waals surface area (Å²) in [4.78, 5) is 28.4. The Kier molecular flexibility index (Phi) is 6.00. The maximum Gasteiger partial charge on any atom is 0.337 e. The Morgan fingerprint density at radius 2 is 1.93 bits per heavy atom. The molecule has 144 valence electrons. The molecule has 0 saturated heterocycles. The van der Waals surface area contributed by atoms with Crippen LogP contribution in [0.3, 0.4) is 0 Å². The monoisotopic (exact) mass is 400 g/mol. The molecule has 0 bridgehead atoms. The van der Waals surface area contributed by atoms with Crippen molar-refractivity contribution in [1.82, 2.24) is 4.98 Å². The van der Waals surface area contributed by atoms with Crippen LogP contribution in [0, 0.1) is 12.7 Å². The number of ether oxygens (including phenoxy) is 2. The van der Waals surface area contributed by atoms with Crippen LogP contribution in [0.2, 0.25) is 0 Å². The number of thiazole rings is 1. The molecule has 1 heterocycles. The molecule has 0 aliphatic carbocycles. The number of methoxy groups -OCH3 is 1. The number of carbonyl (C=O) groups excluding carboxylic acids is 2. The van der Waals surface area contributed by atoms with Gasteiger partial charge in [-0.3, -0.25) is 4.79 Å². The summed E-state index contributed by atoms with van der Waals surface area (Å²) in [6, 6.07) is 10.6. The van der Waals surface area contributed by atoms with Gasteiger partial charge in [-0.15, -0.1) is 11.3 Å². The van der Waals surface area contributed by atoms with E-state index in [1.54, 1.807) is 23.6 Å². The highest BCUT2D eigenvalue weighted by Crippen LogP contribution is 2.20. The number of amides is 1. The fourth-order valence-electron chi connectivity index (χ4n) is 2.35. The minimum atomic E-state index is -0.482. The number of nitrogens with one attached hydrogen (secondary N) is 1. The van der Waals surface area contributed by atoms with E-state index in [1.807, 2.05) is 6.92 Å². The molecule has 0 aliphatic heterocycles. The molecule has 0 fully saturated rings. The summed E-state index contributed by atoms with van der Waals surface area (Å²) >= 11 is 1.28. The fourth-order valence-corrected chi connectivity index (χ4v) is 3.03. The van der Waals surface area contributed by atoms with E-state index in [0.717, 1.165) is 5.56 Å². The number of nitrogens with zero attached hydrogens (tertiary/aromatic N) is 1. The maximum atomic E-state index is 12.9. The second kappa shape index (κ2) is 8.62. The maximum absolute atomic E-state index is 12.9. The second-order valence-electron chi connectivity index (χ2n) is 5.84. The summed E-state index contributed by atoms with van der Waals surface area (Å²) in [5.41, 5.74) is 1.89. The number of esters is 1. The topological polar surface area (TPSA) is 77.5 Å². The summed E-state index contributed by atoms with van der Waals surface area (Å²) in [6.45, 7) is 1.99. The first-order valence-corrected chi connectivity index (χ1v) is 9.17. The number of benzene rings is 2. The Labute approximate surface area is 164 Å². The fraction of sp³-hybridized carbons (Fsp3) is 0.150. The number of aryl methyl sites for hydroxylation is 1. The SMILES string of the molecule is COC(=O)c1ccc(C)c(NC(=O)c2csc(COc3ccc(F)cc3)n2)c1. The quantitative estimate of drug-likeness (QED) is 0.627. The molecule has 28 heavy (non-hydrogen) atoms. The van der Waals surface area contributed by atoms with E-state index < -0.39 is 11.9 Å². The normalized spacial score (nSPS) is 10.4. The van der Waals surface area contributed by atoms with Crippen LogP contribution in [0.5, 0.6) is 5.75 Å². The molecule has 1 aromatic heterocycles. The van der Waals surface area contributed by atoms with Gasteiger partial charge in [-0.05, 0) is 48.9 Å². The smallest absolute Gasteiger partial charge is 0.337 e.